The van der Waals surface area contributed by atoms with E-state index in [1.807, 2.05) is 25.1 Å². The number of hydrogen-bond donors (Lipinski definition) is 0. The number of rotatable bonds is 5. The monoisotopic (exact) mass is 191 g/mol. The van der Waals surface area contributed by atoms with E-state index >= 15 is 0 Å². The Balaban J connectivity index is 2.23. The molecule has 0 saturated carbocycles. The first-order chi connectivity index (χ1) is 6.83. The molecule has 0 aliphatic carbocycles. The minimum absolute atomic E-state index is 0.654. The van der Waals surface area contributed by atoms with Gasteiger partial charge >= 0.3 is 0 Å². The van der Waals surface area contributed by atoms with Crippen molar-refractivity contribution >= 4 is 5.71 Å². The number of nitrogens with zero attached hydrogens (tertiary/aromatic N) is 1. The van der Waals surface area contributed by atoms with Crippen LogP contribution in [0.1, 0.15) is 25.8 Å². The summed E-state index contributed by atoms with van der Waals surface area (Å²) in [5.74, 6) is 0. The van der Waals surface area contributed by atoms with Crippen molar-refractivity contribution in [1.29, 1.82) is 0 Å². The molecule has 0 radical (unpaired) electrons. The molecule has 0 N–H and O–H groups in total. The lowest BCUT2D eigenvalue weighted by molar-refractivity contribution is 0.147. The van der Waals surface area contributed by atoms with Crippen LogP contribution in [-0.4, -0.2) is 12.3 Å². The Morgan fingerprint density at radius 1 is 1.29 bits per heavy atom. The highest BCUT2D eigenvalue weighted by Crippen LogP contribution is 1.99. The number of oxime groups is 1. The number of hydrogen-bond acceptors (Lipinski definition) is 2. The van der Waals surface area contributed by atoms with Crippen molar-refractivity contribution in [3.8, 4) is 0 Å². The fraction of sp³-hybridized carbons (Fsp3) is 0.417. The van der Waals surface area contributed by atoms with Gasteiger partial charge in [0, 0.05) is 6.42 Å². The fourth-order valence-electron chi connectivity index (χ4n) is 1.03. The summed E-state index contributed by atoms with van der Waals surface area (Å²) < 4.78 is 0. The van der Waals surface area contributed by atoms with Gasteiger partial charge < -0.3 is 4.84 Å². The van der Waals surface area contributed by atoms with Gasteiger partial charge in [-0.15, -0.1) is 0 Å². The summed E-state index contributed by atoms with van der Waals surface area (Å²) in [4.78, 5) is 5.18. The molecule has 0 spiro atoms. The first-order valence-corrected chi connectivity index (χ1v) is 5.02. The maximum absolute atomic E-state index is 5.18. The van der Waals surface area contributed by atoms with Gasteiger partial charge in [-0.3, -0.25) is 0 Å². The largest absolute Gasteiger partial charge is 0.396 e. The predicted octanol–water partition coefficient (Wildman–Crippen LogP) is 3.03. The minimum Gasteiger partial charge on any atom is -0.396 e. The zero-order valence-corrected chi connectivity index (χ0v) is 8.86. The summed E-state index contributed by atoms with van der Waals surface area (Å²) in [5, 5.41) is 3.97. The van der Waals surface area contributed by atoms with Crippen molar-refractivity contribution < 1.29 is 4.84 Å². The summed E-state index contributed by atoms with van der Waals surface area (Å²) in [6.07, 6.45) is 1.87. The molecule has 1 aromatic rings. The Labute approximate surface area is 85.6 Å². The Morgan fingerprint density at radius 2 is 2.00 bits per heavy atom. The maximum Gasteiger partial charge on any atom is 0.121 e. The number of benzene rings is 1. The highest BCUT2D eigenvalue weighted by atomic mass is 16.6. The molecule has 0 saturated heterocycles. The van der Waals surface area contributed by atoms with Crippen LogP contribution in [0.15, 0.2) is 35.5 Å². The quantitative estimate of drug-likeness (QED) is 0.398. The molecule has 0 fully saturated rings. The van der Waals surface area contributed by atoms with E-state index in [1.165, 1.54) is 5.56 Å². The topological polar surface area (TPSA) is 21.6 Å². The molecule has 0 aromatic heterocycles. The van der Waals surface area contributed by atoms with E-state index in [0.29, 0.717) is 6.61 Å². The highest BCUT2D eigenvalue weighted by Gasteiger charge is 1.91. The molecule has 0 amide bonds. The summed E-state index contributed by atoms with van der Waals surface area (Å²) in [7, 11) is 0. The molecule has 0 aliphatic rings. The van der Waals surface area contributed by atoms with Crippen molar-refractivity contribution in [1.82, 2.24) is 0 Å². The Hall–Kier alpha value is -1.31. The predicted molar refractivity (Wildman–Crippen MR) is 59.5 cm³/mol. The van der Waals surface area contributed by atoms with E-state index in [-0.39, 0.29) is 0 Å². The Bertz CT molecular complexity index is 280. The van der Waals surface area contributed by atoms with E-state index < -0.39 is 0 Å². The van der Waals surface area contributed by atoms with E-state index in [9.17, 15) is 0 Å². The molecule has 2 heteroatoms. The van der Waals surface area contributed by atoms with Crippen LogP contribution < -0.4 is 0 Å². The lowest BCUT2D eigenvalue weighted by atomic mass is 10.2. The fourth-order valence-corrected chi connectivity index (χ4v) is 1.03. The third kappa shape index (κ3) is 4.08. The summed E-state index contributed by atoms with van der Waals surface area (Å²) in [5.41, 5.74) is 2.33. The molecule has 0 heterocycles. The normalized spacial score (nSPS) is 11.4. The molecule has 0 aliphatic heterocycles. The highest BCUT2D eigenvalue weighted by molar-refractivity contribution is 5.80. The van der Waals surface area contributed by atoms with Crippen LogP contribution in [0.25, 0.3) is 0 Å². The van der Waals surface area contributed by atoms with Gasteiger partial charge in [0.15, 0.2) is 0 Å². The van der Waals surface area contributed by atoms with E-state index in [0.717, 1.165) is 18.6 Å². The smallest absolute Gasteiger partial charge is 0.121 e. The van der Waals surface area contributed by atoms with Gasteiger partial charge in [-0.25, -0.2) is 0 Å². The molecule has 76 valence electrons. The van der Waals surface area contributed by atoms with Gasteiger partial charge in [-0.2, -0.15) is 0 Å². The molecule has 1 rings (SSSR count). The van der Waals surface area contributed by atoms with Crippen LogP contribution >= 0.6 is 0 Å². The molecule has 2 nitrogen and oxygen atoms in total. The van der Waals surface area contributed by atoms with Gasteiger partial charge in [0.05, 0.1) is 5.71 Å². The first-order valence-electron chi connectivity index (χ1n) is 5.02. The molecule has 1 aromatic carbocycles. The molecule has 0 unspecified atom stereocenters. The molecule has 0 bridgehead atoms. The van der Waals surface area contributed by atoms with E-state index in [1.54, 1.807) is 0 Å². The summed E-state index contributed by atoms with van der Waals surface area (Å²) in [6, 6.07) is 10.3. The van der Waals surface area contributed by atoms with Crippen LogP contribution in [0.5, 0.6) is 0 Å². The lowest BCUT2D eigenvalue weighted by Crippen LogP contribution is -1.96. The second-order valence-electron chi connectivity index (χ2n) is 3.25. The average Bonchev–Trinajstić information content (AvgIpc) is 2.25. The van der Waals surface area contributed by atoms with Crippen molar-refractivity contribution in [2.24, 2.45) is 5.16 Å². The van der Waals surface area contributed by atoms with E-state index in [2.05, 4.69) is 24.2 Å². The Kier molecular flexibility index (Phi) is 4.76. The lowest BCUT2D eigenvalue weighted by Gasteiger charge is -2.00. The molecule has 14 heavy (non-hydrogen) atoms. The summed E-state index contributed by atoms with van der Waals surface area (Å²) >= 11 is 0. The molecular weight excluding hydrogens is 174 g/mol. The standard InChI is InChI=1S/C12H17NO/c1-3-11(2)13-14-10-9-12-7-5-4-6-8-12/h4-8H,3,9-10H2,1-2H3/b13-11+. The molecule has 0 atom stereocenters. The minimum atomic E-state index is 0.654. The Morgan fingerprint density at radius 3 is 2.64 bits per heavy atom. The van der Waals surface area contributed by atoms with Crippen LogP contribution in [0.4, 0.5) is 0 Å². The third-order valence-corrected chi connectivity index (χ3v) is 2.06. The average molecular weight is 191 g/mol. The van der Waals surface area contributed by atoms with Crippen molar-refractivity contribution in [2.45, 2.75) is 26.7 Å². The SMILES string of the molecule is CC/C(C)=N/OCCc1ccccc1. The zero-order chi connectivity index (χ0) is 10.2. The molecular formula is C12H17NO. The van der Waals surface area contributed by atoms with Crippen molar-refractivity contribution in [3.63, 3.8) is 0 Å². The van der Waals surface area contributed by atoms with Gasteiger partial charge in [0.1, 0.15) is 6.61 Å². The third-order valence-electron chi connectivity index (χ3n) is 2.06. The van der Waals surface area contributed by atoms with Crippen LogP contribution in [0, 0.1) is 0 Å². The van der Waals surface area contributed by atoms with Gasteiger partial charge in [-0.1, -0.05) is 42.4 Å². The zero-order valence-electron chi connectivity index (χ0n) is 8.86. The van der Waals surface area contributed by atoms with Crippen LogP contribution in [0.3, 0.4) is 0 Å². The van der Waals surface area contributed by atoms with E-state index in [4.69, 9.17) is 4.84 Å². The second kappa shape index (κ2) is 6.19. The van der Waals surface area contributed by atoms with Gasteiger partial charge in [0.25, 0.3) is 0 Å². The van der Waals surface area contributed by atoms with Crippen molar-refractivity contribution in [3.05, 3.63) is 35.9 Å². The van der Waals surface area contributed by atoms with Gasteiger partial charge in [-0.05, 0) is 18.9 Å². The summed E-state index contributed by atoms with van der Waals surface area (Å²) in [6.45, 7) is 4.70. The maximum atomic E-state index is 5.18. The van der Waals surface area contributed by atoms with Gasteiger partial charge in [0.2, 0.25) is 0 Å². The van der Waals surface area contributed by atoms with Crippen LogP contribution in [-0.2, 0) is 11.3 Å². The van der Waals surface area contributed by atoms with Crippen LogP contribution in [0.2, 0.25) is 0 Å². The van der Waals surface area contributed by atoms with Crippen molar-refractivity contribution in [2.75, 3.05) is 6.61 Å². The first kappa shape index (κ1) is 10.8. The second-order valence-corrected chi connectivity index (χ2v) is 3.25.